The van der Waals surface area contributed by atoms with Crippen molar-refractivity contribution in [1.29, 1.82) is 0 Å². The summed E-state index contributed by atoms with van der Waals surface area (Å²) in [7, 11) is 0. The van der Waals surface area contributed by atoms with Crippen LogP contribution in [0.3, 0.4) is 0 Å². The summed E-state index contributed by atoms with van der Waals surface area (Å²) in [5.41, 5.74) is 7.29. The van der Waals surface area contributed by atoms with Crippen LogP contribution in [0.2, 0.25) is 0 Å². The molecule has 3 nitrogen and oxygen atoms in total. The van der Waals surface area contributed by atoms with Gasteiger partial charge in [-0.1, -0.05) is 51.1 Å². The average Bonchev–Trinajstić information content (AvgIpc) is 2.73. The van der Waals surface area contributed by atoms with Gasteiger partial charge in [-0.05, 0) is 17.4 Å². The average molecular weight is 297 g/mol. The van der Waals surface area contributed by atoms with Gasteiger partial charge in [0, 0.05) is 19.0 Å². The van der Waals surface area contributed by atoms with Crippen molar-refractivity contribution in [3.63, 3.8) is 0 Å². The number of benzene rings is 1. The van der Waals surface area contributed by atoms with E-state index in [0.717, 1.165) is 13.1 Å². The molecular weight excluding hydrogens is 272 g/mol. The number of amides is 1. The van der Waals surface area contributed by atoms with Gasteiger partial charge >= 0.3 is 0 Å². The normalized spacial score (nSPS) is 22.2. The fourth-order valence-corrected chi connectivity index (χ4v) is 2.95. The lowest BCUT2D eigenvalue weighted by atomic mass is 9.78. The van der Waals surface area contributed by atoms with Gasteiger partial charge in [-0.15, -0.1) is 12.4 Å². The first-order valence-corrected chi connectivity index (χ1v) is 7.05. The van der Waals surface area contributed by atoms with Crippen LogP contribution in [0, 0.1) is 5.41 Å². The molecule has 1 aliphatic heterocycles. The second-order valence-electron chi connectivity index (χ2n) is 6.19. The molecule has 0 aliphatic carbocycles. The molecule has 1 amide bonds. The Morgan fingerprint density at radius 1 is 1.40 bits per heavy atom. The van der Waals surface area contributed by atoms with Crippen molar-refractivity contribution >= 4 is 18.3 Å². The number of hydrogen-bond acceptors (Lipinski definition) is 2. The number of halogens is 1. The molecule has 112 valence electrons. The maximum absolute atomic E-state index is 12.2. The lowest BCUT2D eigenvalue weighted by Crippen LogP contribution is -2.42. The molecule has 0 saturated carbocycles. The zero-order chi connectivity index (χ0) is 14.0. The summed E-state index contributed by atoms with van der Waals surface area (Å²) < 4.78 is 0. The van der Waals surface area contributed by atoms with E-state index in [0.29, 0.717) is 12.3 Å². The molecule has 1 heterocycles. The monoisotopic (exact) mass is 296 g/mol. The molecule has 2 unspecified atom stereocenters. The first-order valence-electron chi connectivity index (χ1n) is 7.05. The van der Waals surface area contributed by atoms with Crippen molar-refractivity contribution in [2.45, 2.75) is 39.2 Å². The quantitative estimate of drug-likeness (QED) is 0.932. The molecule has 0 radical (unpaired) electrons. The van der Waals surface area contributed by atoms with E-state index in [4.69, 9.17) is 5.73 Å². The lowest BCUT2D eigenvalue weighted by Gasteiger charge is -2.25. The van der Waals surface area contributed by atoms with E-state index >= 15 is 0 Å². The maximum Gasteiger partial charge on any atom is 0.239 e. The standard InChI is InChI=1S/C16H24N2O.ClH/c1-4-14(17)15(19)18-10-13(16(2,3)11-18)12-8-6-5-7-9-12;/h5-9,13-14H,4,10-11,17H2,1-3H3;1H. The Bertz CT molecular complexity index is 447. The van der Waals surface area contributed by atoms with Gasteiger partial charge in [0.2, 0.25) is 5.91 Å². The van der Waals surface area contributed by atoms with Crippen LogP contribution in [-0.4, -0.2) is 29.9 Å². The highest BCUT2D eigenvalue weighted by atomic mass is 35.5. The Balaban J connectivity index is 0.00000200. The molecule has 1 aromatic rings. The van der Waals surface area contributed by atoms with Crippen LogP contribution in [0.1, 0.15) is 38.7 Å². The summed E-state index contributed by atoms with van der Waals surface area (Å²) in [6, 6.07) is 10.1. The van der Waals surface area contributed by atoms with Crippen molar-refractivity contribution in [3.05, 3.63) is 35.9 Å². The minimum atomic E-state index is -0.356. The second-order valence-corrected chi connectivity index (χ2v) is 6.19. The van der Waals surface area contributed by atoms with Gasteiger partial charge in [0.05, 0.1) is 6.04 Å². The van der Waals surface area contributed by atoms with Crippen LogP contribution < -0.4 is 5.73 Å². The number of nitrogens with two attached hydrogens (primary N) is 1. The zero-order valence-corrected chi connectivity index (χ0v) is 13.3. The molecule has 4 heteroatoms. The van der Waals surface area contributed by atoms with Gasteiger partial charge in [0.1, 0.15) is 0 Å². The number of hydrogen-bond donors (Lipinski definition) is 1. The molecule has 2 atom stereocenters. The van der Waals surface area contributed by atoms with Crippen LogP contribution >= 0.6 is 12.4 Å². The van der Waals surface area contributed by atoms with E-state index in [9.17, 15) is 4.79 Å². The minimum absolute atomic E-state index is 0. The molecule has 1 saturated heterocycles. The third kappa shape index (κ3) is 3.33. The Labute approximate surface area is 127 Å². The van der Waals surface area contributed by atoms with Crippen molar-refractivity contribution in [2.24, 2.45) is 11.1 Å². The summed E-state index contributed by atoms with van der Waals surface area (Å²) in [6.45, 7) is 7.99. The molecule has 2 rings (SSSR count). The highest BCUT2D eigenvalue weighted by molar-refractivity contribution is 5.85. The van der Waals surface area contributed by atoms with Crippen molar-refractivity contribution in [1.82, 2.24) is 4.90 Å². The van der Waals surface area contributed by atoms with E-state index in [1.807, 2.05) is 17.9 Å². The van der Waals surface area contributed by atoms with Crippen molar-refractivity contribution in [2.75, 3.05) is 13.1 Å². The summed E-state index contributed by atoms with van der Waals surface area (Å²) in [5.74, 6) is 0.482. The predicted octanol–water partition coefficient (Wildman–Crippen LogP) is 2.80. The molecule has 0 aromatic heterocycles. The molecular formula is C16H25ClN2O. The number of nitrogens with zero attached hydrogens (tertiary/aromatic N) is 1. The molecule has 1 fully saturated rings. The Morgan fingerprint density at radius 2 is 2.00 bits per heavy atom. The van der Waals surface area contributed by atoms with Gasteiger partial charge in [-0.3, -0.25) is 4.79 Å². The Kier molecular flexibility index (Phi) is 5.60. The number of carbonyl (C=O) groups excluding carboxylic acids is 1. The van der Waals surface area contributed by atoms with E-state index in [1.165, 1.54) is 5.56 Å². The molecule has 2 N–H and O–H groups in total. The van der Waals surface area contributed by atoms with E-state index < -0.39 is 0 Å². The highest BCUT2D eigenvalue weighted by Crippen LogP contribution is 2.42. The van der Waals surface area contributed by atoms with Crippen LogP contribution in [0.15, 0.2) is 30.3 Å². The summed E-state index contributed by atoms with van der Waals surface area (Å²) in [6.07, 6.45) is 0.700. The fourth-order valence-electron chi connectivity index (χ4n) is 2.95. The van der Waals surface area contributed by atoms with Gasteiger partial charge in [-0.2, -0.15) is 0 Å². The smallest absolute Gasteiger partial charge is 0.239 e. The maximum atomic E-state index is 12.2. The third-order valence-corrected chi connectivity index (χ3v) is 4.22. The first kappa shape index (κ1) is 17.0. The Morgan fingerprint density at radius 3 is 2.55 bits per heavy atom. The fraction of sp³-hybridized carbons (Fsp3) is 0.562. The zero-order valence-electron chi connectivity index (χ0n) is 12.5. The largest absolute Gasteiger partial charge is 0.340 e. The topological polar surface area (TPSA) is 46.3 Å². The first-order chi connectivity index (χ1) is 8.95. The van der Waals surface area contributed by atoms with Crippen LogP contribution in [0.25, 0.3) is 0 Å². The molecule has 20 heavy (non-hydrogen) atoms. The van der Waals surface area contributed by atoms with Gasteiger partial charge in [-0.25, -0.2) is 0 Å². The van der Waals surface area contributed by atoms with Crippen molar-refractivity contribution in [3.8, 4) is 0 Å². The van der Waals surface area contributed by atoms with Crippen LogP contribution in [0.5, 0.6) is 0 Å². The molecule has 0 bridgehead atoms. The molecule has 1 aromatic carbocycles. The number of carbonyl (C=O) groups is 1. The van der Waals surface area contributed by atoms with Gasteiger partial charge in [0.15, 0.2) is 0 Å². The van der Waals surface area contributed by atoms with E-state index in [-0.39, 0.29) is 29.8 Å². The van der Waals surface area contributed by atoms with E-state index in [2.05, 4.69) is 38.1 Å². The Hall–Kier alpha value is -1.06. The summed E-state index contributed by atoms with van der Waals surface area (Å²) in [4.78, 5) is 14.2. The van der Waals surface area contributed by atoms with Crippen LogP contribution in [-0.2, 0) is 4.79 Å². The molecule has 0 spiro atoms. The molecule has 1 aliphatic rings. The third-order valence-electron chi connectivity index (χ3n) is 4.22. The second kappa shape index (κ2) is 6.59. The number of likely N-dealkylation sites (tertiary alicyclic amines) is 1. The number of rotatable bonds is 3. The van der Waals surface area contributed by atoms with Crippen molar-refractivity contribution < 1.29 is 4.79 Å². The SMILES string of the molecule is CCC(N)C(=O)N1CC(c2ccccc2)C(C)(C)C1.Cl. The highest BCUT2D eigenvalue weighted by Gasteiger charge is 2.42. The van der Waals surface area contributed by atoms with E-state index in [1.54, 1.807) is 0 Å². The minimum Gasteiger partial charge on any atom is -0.340 e. The van der Waals surface area contributed by atoms with Gasteiger partial charge in [0.25, 0.3) is 0 Å². The summed E-state index contributed by atoms with van der Waals surface area (Å²) in [5, 5.41) is 0. The summed E-state index contributed by atoms with van der Waals surface area (Å²) >= 11 is 0. The van der Waals surface area contributed by atoms with Crippen LogP contribution in [0.4, 0.5) is 0 Å². The lowest BCUT2D eigenvalue weighted by molar-refractivity contribution is -0.131. The van der Waals surface area contributed by atoms with Gasteiger partial charge < -0.3 is 10.6 Å². The predicted molar refractivity (Wildman–Crippen MR) is 85.1 cm³/mol.